The van der Waals surface area contributed by atoms with Crippen molar-refractivity contribution in [2.24, 2.45) is 0 Å². The predicted octanol–water partition coefficient (Wildman–Crippen LogP) is 4.07. The Morgan fingerprint density at radius 3 is 2.63 bits per heavy atom. The van der Waals surface area contributed by atoms with E-state index in [4.69, 9.17) is 11.6 Å². The number of halogens is 1. The lowest BCUT2D eigenvalue weighted by Crippen LogP contribution is -2.11. The van der Waals surface area contributed by atoms with Crippen molar-refractivity contribution in [2.45, 2.75) is 0 Å². The number of hydrogen-bond acceptors (Lipinski definition) is 1. The number of aromatic nitrogens is 1. The Balaban J connectivity index is 1.83. The summed E-state index contributed by atoms with van der Waals surface area (Å²) in [6.45, 7) is 0. The second-order valence-electron chi connectivity index (χ2n) is 4.24. The molecule has 0 aliphatic rings. The number of hydrogen-bond donors (Lipinski definition) is 2. The van der Waals surface area contributed by atoms with Gasteiger partial charge in [-0.2, -0.15) is 0 Å². The number of rotatable bonds is 2. The number of carbonyl (C=O) groups is 1. The maximum atomic E-state index is 12.0. The van der Waals surface area contributed by atoms with E-state index in [0.717, 1.165) is 16.6 Å². The Labute approximate surface area is 115 Å². The van der Waals surface area contributed by atoms with Gasteiger partial charge in [-0.25, -0.2) is 0 Å². The molecule has 0 unspecified atom stereocenters. The van der Waals surface area contributed by atoms with Gasteiger partial charge in [-0.15, -0.1) is 0 Å². The predicted molar refractivity (Wildman–Crippen MR) is 77.7 cm³/mol. The van der Waals surface area contributed by atoms with Gasteiger partial charge >= 0.3 is 0 Å². The molecule has 0 saturated heterocycles. The smallest absolute Gasteiger partial charge is 0.255 e. The van der Waals surface area contributed by atoms with Crippen LogP contribution in [0.25, 0.3) is 10.9 Å². The Morgan fingerprint density at radius 1 is 1.05 bits per heavy atom. The summed E-state index contributed by atoms with van der Waals surface area (Å²) in [4.78, 5) is 15.1. The monoisotopic (exact) mass is 270 g/mol. The normalized spacial score (nSPS) is 10.6. The molecule has 94 valence electrons. The van der Waals surface area contributed by atoms with Crippen molar-refractivity contribution in [1.29, 1.82) is 0 Å². The topological polar surface area (TPSA) is 44.9 Å². The van der Waals surface area contributed by atoms with Gasteiger partial charge in [-0.3, -0.25) is 4.79 Å². The van der Waals surface area contributed by atoms with E-state index in [2.05, 4.69) is 10.3 Å². The van der Waals surface area contributed by atoms with Gasteiger partial charge in [0.25, 0.3) is 5.91 Å². The van der Waals surface area contributed by atoms with E-state index in [1.165, 1.54) is 0 Å². The number of aromatic amines is 1. The zero-order chi connectivity index (χ0) is 13.2. The Hall–Kier alpha value is -2.26. The second kappa shape index (κ2) is 4.78. The fourth-order valence-corrected chi connectivity index (χ4v) is 2.06. The van der Waals surface area contributed by atoms with Gasteiger partial charge in [0.05, 0.1) is 0 Å². The Morgan fingerprint density at radius 2 is 1.84 bits per heavy atom. The fraction of sp³-hybridized carbons (Fsp3) is 0. The third kappa shape index (κ3) is 2.46. The van der Waals surface area contributed by atoms with Crippen LogP contribution < -0.4 is 5.32 Å². The quantitative estimate of drug-likeness (QED) is 0.724. The molecule has 3 nitrogen and oxygen atoms in total. The number of nitrogens with one attached hydrogen (secondary N) is 2. The number of H-pyrrole nitrogens is 1. The summed E-state index contributed by atoms with van der Waals surface area (Å²) in [6.07, 6.45) is 1.87. The van der Waals surface area contributed by atoms with Crippen LogP contribution in [0.4, 0.5) is 5.69 Å². The summed E-state index contributed by atoms with van der Waals surface area (Å²) < 4.78 is 0. The molecule has 1 heterocycles. The lowest BCUT2D eigenvalue weighted by Gasteiger charge is -2.05. The SMILES string of the molecule is O=C(Nc1ccc2[nH]ccc2c1)c1ccc(Cl)cc1. The van der Waals surface area contributed by atoms with Gasteiger partial charge in [-0.05, 0) is 48.5 Å². The van der Waals surface area contributed by atoms with Crippen molar-refractivity contribution in [2.75, 3.05) is 5.32 Å². The summed E-state index contributed by atoms with van der Waals surface area (Å²) in [7, 11) is 0. The van der Waals surface area contributed by atoms with E-state index >= 15 is 0 Å². The van der Waals surface area contributed by atoms with Crippen LogP contribution in [0.3, 0.4) is 0 Å². The van der Waals surface area contributed by atoms with E-state index in [0.29, 0.717) is 10.6 Å². The van der Waals surface area contributed by atoms with E-state index < -0.39 is 0 Å². The number of anilines is 1. The van der Waals surface area contributed by atoms with E-state index in [1.807, 2.05) is 30.5 Å². The van der Waals surface area contributed by atoms with Crippen molar-refractivity contribution >= 4 is 34.1 Å². The molecule has 2 N–H and O–H groups in total. The van der Waals surface area contributed by atoms with Gasteiger partial charge in [0.2, 0.25) is 0 Å². The molecule has 4 heteroatoms. The van der Waals surface area contributed by atoms with Crippen molar-refractivity contribution in [1.82, 2.24) is 4.98 Å². The van der Waals surface area contributed by atoms with Crippen LogP contribution in [0.2, 0.25) is 5.02 Å². The molecular formula is C15H11ClN2O. The lowest BCUT2D eigenvalue weighted by atomic mass is 10.2. The van der Waals surface area contributed by atoms with E-state index in [1.54, 1.807) is 24.3 Å². The number of benzene rings is 2. The van der Waals surface area contributed by atoms with Gasteiger partial charge < -0.3 is 10.3 Å². The zero-order valence-electron chi connectivity index (χ0n) is 9.98. The molecule has 3 aromatic rings. The molecule has 2 aromatic carbocycles. The average Bonchev–Trinajstić information content (AvgIpc) is 2.87. The first kappa shape index (κ1) is 11.8. The fourth-order valence-electron chi connectivity index (χ4n) is 1.94. The first-order valence-corrected chi connectivity index (χ1v) is 6.24. The summed E-state index contributed by atoms with van der Waals surface area (Å²) in [5, 5.41) is 4.54. The molecule has 19 heavy (non-hydrogen) atoms. The molecule has 3 rings (SSSR count). The van der Waals surface area contributed by atoms with Gasteiger partial charge in [0, 0.05) is 33.4 Å². The van der Waals surface area contributed by atoms with Gasteiger partial charge in [0.1, 0.15) is 0 Å². The molecule has 0 atom stereocenters. The number of carbonyl (C=O) groups excluding carboxylic acids is 1. The largest absolute Gasteiger partial charge is 0.361 e. The van der Waals surface area contributed by atoms with Crippen molar-refractivity contribution in [3.05, 3.63) is 65.3 Å². The molecule has 0 radical (unpaired) electrons. The Kier molecular flexibility index (Phi) is 2.97. The minimum Gasteiger partial charge on any atom is -0.361 e. The van der Waals surface area contributed by atoms with Crippen LogP contribution in [0.15, 0.2) is 54.7 Å². The average molecular weight is 271 g/mol. The maximum Gasteiger partial charge on any atom is 0.255 e. The third-order valence-corrected chi connectivity index (χ3v) is 3.17. The minimum absolute atomic E-state index is 0.147. The van der Waals surface area contributed by atoms with E-state index in [9.17, 15) is 4.79 Å². The highest BCUT2D eigenvalue weighted by Crippen LogP contribution is 2.18. The standard InChI is InChI=1S/C15H11ClN2O/c16-12-3-1-10(2-4-12)15(19)18-13-5-6-14-11(9-13)7-8-17-14/h1-9,17H,(H,18,19). The van der Waals surface area contributed by atoms with Crippen molar-refractivity contribution in [3.8, 4) is 0 Å². The maximum absolute atomic E-state index is 12.0. The molecule has 0 aliphatic carbocycles. The molecule has 0 saturated carbocycles. The van der Waals surface area contributed by atoms with Gasteiger partial charge in [0.15, 0.2) is 0 Å². The lowest BCUT2D eigenvalue weighted by molar-refractivity contribution is 0.102. The molecular weight excluding hydrogens is 260 g/mol. The first-order valence-electron chi connectivity index (χ1n) is 5.86. The van der Waals surface area contributed by atoms with Crippen molar-refractivity contribution in [3.63, 3.8) is 0 Å². The zero-order valence-corrected chi connectivity index (χ0v) is 10.7. The Bertz CT molecular complexity index is 731. The van der Waals surface area contributed by atoms with E-state index in [-0.39, 0.29) is 5.91 Å². The van der Waals surface area contributed by atoms with Crippen LogP contribution in [0.1, 0.15) is 10.4 Å². The number of amides is 1. The van der Waals surface area contributed by atoms with Crippen molar-refractivity contribution < 1.29 is 4.79 Å². The molecule has 0 spiro atoms. The first-order chi connectivity index (χ1) is 9.22. The van der Waals surface area contributed by atoms with Crippen LogP contribution in [0, 0.1) is 0 Å². The van der Waals surface area contributed by atoms with Crippen LogP contribution in [-0.4, -0.2) is 10.9 Å². The second-order valence-corrected chi connectivity index (χ2v) is 4.68. The van der Waals surface area contributed by atoms with Gasteiger partial charge in [-0.1, -0.05) is 11.6 Å². The molecule has 1 aromatic heterocycles. The molecule has 0 bridgehead atoms. The summed E-state index contributed by atoms with van der Waals surface area (Å²) >= 11 is 5.79. The van der Waals surface area contributed by atoms with Crippen LogP contribution in [-0.2, 0) is 0 Å². The van der Waals surface area contributed by atoms with Crippen LogP contribution >= 0.6 is 11.6 Å². The highest BCUT2D eigenvalue weighted by molar-refractivity contribution is 6.30. The highest BCUT2D eigenvalue weighted by Gasteiger charge is 2.06. The summed E-state index contributed by atoms with van der Waals surface area (Å²) in [5.74, 6) is -0.147. The van der Waals surface area contributed by atoms with Crippen LogP contribution in [0.5, 0.6) is 0 Å². The number of fused-ring (bicyclic) bond motifs is 1. The summed E-state index contributed by atoms with van der Waals surface area (Å²) in [6, 6.07) is 14.5. The highest BCUT2D eigenvalue weighted by atomic mass is 35.5. The molecule has 1 amide bonds. The summed E-state index contributed by atoms with van der Waals surface area (Å²) in [5.41, 5.74) is 2.40. The molecule has 0 aliphatic heterocycles. The third-order valence-electron chi connectivity index (χ3n) is 2.92. The minimum atomic E-state index is -0.147. The molecule has 0 fully saturated rings.